The third-order valence-electron chi connectivity index (χ3n) is 3.76. The van der Waals surface area contributed by atoms with Gasteiger partial charge in [-0.2, -0.15) is 0 Å². The van der Waals surface area contributed by atoms with Crippen LogP contribution in [0, 0.1) is 0 Å². The Morgan fingerprint density at radius 2 is 2.15 bits per heavy atom. The summed E-state index contributed by atoms with van der Waals surface area (Å²) in [6.45, 7) is 5.07. The number of pyridine rings is 1. The molecule has 0 bridgehead atoms. The Hall–Kier alpha value is -1.81. The number of nitrogen functional groups attached to an aromatic ring is 1. The van der Waals surface area contributed by atoms with E-state index in [1.807, 2.05) is 24.3 Å². The van der Waals surface area contributed by atoms with Gasteiger partial charge in [-0.05, 0) is 57.0 Å². The quantitative estimate of drug-likeness (QED) is 0.824. The van der Waals surface area contributed by atoms with E-state index in [4.69, 9.17) is 10.5 Å². The van der Waals surface area contributed by atoms with E-state index in [1.165, 1.54) is 0 Å². The lowest BCUT2D eigenvalue weighted by Crippen LogP contribution is -2.40. The van der Waals surface area contributed by atoms with Crippen LogP contribution in [0.25, 0.3) is 10.9 Å². The number of ether oxygens (including phenoxy) is 1. The van der Waals surface area contributed by atoms with Gasteiger partial charge in [-0.15, -0.1) is 0 Å². The van der Waals surface area contributed by atoms with Gasteiger partial charge in [0.05, 0.1) is 11.1 Å². The molecule has 1 atom stereocenters. The topological polar surface area (TPSA) is 60.2 Å². The first-order valence-corrected chi connectivity index (χ1v) is 7.09. The lowest BCUT2D eigenvalue weighted by Gasteiger charge is -2.36. The van der Waals surface area contributed by atoms with Gasteiger partial charge in [-0.3, -0.25) is 0 Å². The second-order valence-electron chi connectivity index (χ2n) is 6.09. The highest BCUT2D eigenvalue weighted by atomic mass is 16.5. The van der Waals surface area contributed by atoms with Gasteiger partial charge in [0.15, 0.2) is 0 Å². The van der Waals surface area contributed by atoms with Crippen molar-refractivity contribution < 1.29 is 4.74 Å². The zero-order valence-corrected chi connectivity index (χ0v) is 12.0. The molecule has 1 aliphatic heterocycles. The van der Waals surface area contributed by atoms with Crippen molar-refractivity contribution in [1.82, 2.24) is 4.98 Å². The van der Waals surface area contributed by atoms with Crippen molar-refractivity contribution in [1.29, 1.82) is 0 Å². The summed E-state index contributed by atoms with van der Waals surface area (Å²) in [7, 11) is 0. The molecule has 2 aromatic rings. The number of rotatable bonds is 2. The number of aromatic nitrogens is 1. The van der Waals surface area contributed by atoms with Gasteiger partial charge in [0.25, 0.3) is 0 Å². The summed E-state index contributed by atoms with van der Waals surface area (Å²) in [5, 5.41) is 4.59. The number of hydrogen-bond acceptors (Lipinski definition) is 4. The van der Waals surface area contributed by atoms with E-state index < -0.39 is 0 Å². The van der Waals surface area contributed by atoms with Crippen LogP contribution >= 0.6 is 0 Å². The molecule has 0 spiro atoms. The number of nitrogens with two attached hydrogens (primary N) is 1. The van der Waals surface area contributed by atoms with Crippen LogP contribution in [0.15, 0.2) is 30.3 Å². The van der Waals surface area contributed by atoms with E-state index in [0.717, 1.165) is 41.9 Å². The molecule has 20 heavy (non-hydrogen) atoms. The summed E-state index contributed by atoms with van der Waals surface area (Å²) in [6, 6.07) is 10.3. The zero-order valence-electron chi connectivity index (χ0n) is 12.0. The Morgan fingerprint density at radius 3 is 2.95 bits per heavy atom. The predicted octanol–water partition coefficient (Wildman–Crippen LogP) is 3.19. The summed E-state index contributed by atoms with van der Waals surface area (Å²) >= 11 is 0. The summed E-state index contributed by atoms with van der Waals surface area (Å²) in [4.78, 5) is 4.65. The molecule has 3 rings (SSSR count). The summed E-state index contributed by atoms with van der Waals surface area (Å²) < 4.78 is 5.74. The highest BCUT2D eigenvalue weighted by Gasteiger charge is 2.28. The van der Waals surface area contributed by atoms with Gasteiger partial charge in [0, 0.05) is 23.7 Å². The SMILES string of the molecule is CC1(C)CC(Nc2ccc3cc(N)ccc3n2)CCO1. The molecule has 1 unspecified atom stereocenters. The van der Waals surface area contributed by atoms with E-state index in [9.17, 15) is 0 Å². The normalized spacial score (nSPS) is 21.8. The number of fused-ring (bicyclic) bond motifs is 1. The van der Waals surface area contributed by atoms with Crippen LogP contribution < -0.4 is 11.1 Å². The minimum atomic E-state index is -0.0543. The average Bonchev–Trinajstić information content (AvgIpc) is 2.38. The maximum Gasteiger partial charge on any atom is 0.126 e. The van der Waals surface area contributed by atoms with Gasteiger partial charge in [0.2, 0.25) is 0 Å². The van der Waals surface area contributed by atoms with Crippen molar-refractivity contribution >= 4 is 22.4 Å². The Bertz CT molecular complexity index is 624. The molecule has 2 heterocycles. The maximum absolute atomic E-state index is 5.78. The van der Waals surface area contributed by atoms with E-state index in [2.05, 4.69) is 30.2 Å². The first-order chi connectivity index (χ1) is 9.52. The molecular weight excluding hydrogens is 250 g/mol. The zero-order chi connectivity index (χ0) is 14.2. The molecule has 4 nitrogen and oxygen atoms in total. The average molecular weight is 271 g/mol. The second kappa shape index (κ2) is 4.94. The summed E-state index contributed by atoms with van der Waals surface area (Å²) in [6.07, 6.45) is 2.01. The minimum Gasteiger partial charge on any atom is -0.399 e. The highest BCUT2D eigenvalue weighted by molar-refractivity contribution is 5.83. The van der Waals surface area contributed by atoms with Gasteiger partial charge < -0.3 is 15.8 Å². The summed E-state index contributed by atoms with van der Waals surface area (Å²) in [5.41, 5.74) is 7.47. The van der Waals surface area contributed by atoms with Crippen molar-refractivity contribution in [2.24, 2.45) is 0 Å². The summed E-state index contributed by atoms with van der Waals surface area (Å²) in [5.74, 6) is 0.921. The molecular formula is C16H21N3O. The molecule has 106 valence electrons. The van der Waals surface area contributed by atoms with Crippen molar-refractivity contribution in [2.45, 2.75) is 38.3 Å². The van der Waals surface area contributed by atoms with Gasteiger partial charge in [-0.25, -0.2) is 4.98 Å². The Kier molecular flexibility index (Phi) is 3.26. The molecule has 3 N–H and O–H groups in total. The van der Waals surface area contributed by atoms with E-state index in [1.54, 1.807) is 0 Å². The molecule has 1 aromatic carbocycles. The fourth-order valence-corrected chi connectivity index (χ4v) is 2.79. The van der Waals surface area contributed by atoms with Crippen LogP contribution in [0.4, 0.5) is 11.5 Å². The van der Waals surface area contributed by atoms with E-state index in [0.29, 0.717) is 6.04 Å². The molecule has 4 heteroatoms. The third-order valence-corrected chi connectivity index (χ3v) is 3.76. The number of hydrogen-bond donors (Lipinski definition) is 2. The fourth-order valence-electron chi connectivity index (χ4n) is 2.79. The van der Waals surface area contributed by atoms with Crippen LogP contribution in [0.2, 0.25) is 0 Å². The Balaban J connectivity index is 1.79. The fraction of sp³-hybridized carbons (Fsp3) is 0.438. The standard InChI is InChI=1S/C16H21N3O/c1-16(2)10-13(7-8-20-16)18-15-6-3-11-9-12(17)4-5-14(11)19-15/h3-6,9,13H,7-8,10,17H2,1-2H3,(H,18,19). The smallest absolute Gasteiger partial charge is 0.126 e. The Labute approximate surface area is 119 Å². The third kappa shape index (κ3) is 2.85. The number of anilines is 2. The molecule has 0 aliphatic carbocycles. The van der Waals surface area contributed by atoms with Crippen molar-refractivity contribution in [3.63, 3.8) is 0 Å². The van der Waals surface area contributed by atoms with E-state index >= 15 is 0 Å². The second-order valence-corrected chi connectivity index (χ2v) is 6.09. The number of nitrogens with one attached hydrogen (secondary N) is 1. The lowest BCUT2D eigenvalue weighted by atomic mass is 9.94. The molecule has 1 aliphatic rings. The van der Waals surface area contributed by atoms with Crippen molar-refractivity contribution in [2.75, 3.05) is 17.7 Å². The molecule has 0 saturated carbocycles. The molecule has 0 radical (unpaired) electrons. The molecule has 1 aromatic heterocycles. The molecule has 0 amide bonds. The molecule has 1 fully saturated rings. The monoisotopic (exact) mass is 271 g/mol. The van der Waals surface area contributed by atoms with Crippen LogP contribution in [-0.2, 0) is 4.74 Å². The van der Waals surface area contributed by atoms with Crippen LogP contribution in [0.1, 0.15) is 26.7 Å². The van der Waals surface area contributed by atoms with E-state index in [-0.39, 0.29) is 5.60 Å². The highest BCUT2D eigenvalue weighted by Crippen LogP contribution is 2.26. The first kappa shape index (κ1) is 13.2. The lowest BCUT2D eigenvalue weighted by molar-refractivity contribution is -0.0553. The first-order valence-electron chi connectivity index (χ1n) is 7.09. The minimum absolute atomic E-state index is 0.0543. The number of benzene rings is 1. The molecule has 1 saturated heterocycles. The van der Waals surface area contributed by atoms with Gasteiger partial charge in [-0.1, -0.05) is 0 Å². The predicted molar refractivity (Wildman–Crippen MR) is 82.8 cm³/mol. The van der Waals surface area contributed by atoms with Crippen molar-refractivity contribution in [3.8, 4) is 0 Å². The van der Waals surface area contributed by atoms with Crippen LogP contribution in [0.3, 0.4) is 0 Å². The maximum atomic E-state index is 5.78. The van der Waals surface area contributed by atoms with Crippen molar-refractivity contribution in [3.05, 3.63) is 30.3 Å². The largest absolute Gasteiger partial charge is 0.399 e. The Morgan fingerprint density at radius 1 is 1.30 bits per heavy atom. The van der Waals surface area contributed by atoms with Crippen LogP contribution in [-0.4, -0.2) is 23.2 Å². The van der Waals surface area contributed by atoms with Crippen LogP contribution in [0.5, 0.6) is 0 Å². The number of nitrogens with zero attached hydrogens (tertiary/aromatic N) is 1. The van der Waals surface area contributed by atoms with Gasteiger partial charge in [0.1, 0.15) is 5.82 Å². The van der Waals surface area contributed by atoms with Gasteiger partial charge >= 0.3 is 0 Å².